The Labute approximate surface area is 149 Å². The van der Waals surface area contributed by atoms with Crippen LogP contribution in [0.25, 0.3) is 0 Å². The van der Waals surface area contributed by atoms with Gasteiger partial charge in [-0.3, -0.25) is 4.79 Å². The van der Waals surface area contributed by atoms with Crippen LogP contribution in [0.5, 0.6) is 0 Å². The van der Waals surface area contributed by atoms with E-state index in [0.717, 1.165) is 6.20 Å². The number of nitriles is 1. The van der Waals surface area contributed by atoms with Crippen molar-refractivity contribution in [2.75, 3.05) is 26.8 Å². The lowest BCUT2D eigenvalue weighted by atomic mass is 9.80. The Bertz CT molecular complexity index is 717. The third-order valence-corrected chi connectivity index (χ3v) is 5.23. The van der Waals surface area contributed by atoms with Crippen molar-refractivity contribution in [3.63, 3.8) is 0 Å². The molecule has 3 rings (SSSR count). The molecule has 0 N–H and O–H groups in total. The smallest absolute Gasteiger partial charge is 0.381 e. The first-order valence-corrected chi connectivity index (χ1v) is 8.63. The van der Waals surface area contributed by atoms with Crippen molar-refractivity contribution in [1.29, 1.82) is 5.26 Å². The van der Waals surface area contributed by atoms with E-state index in [1.165, 1.54) is 4.57 Å². The molecule has 1 amide bonds. The van der Waals surface area contributed by atoms with Gasteiger partial charge >= 0.3 is 6.18 Å². The molecule has 26 heavy (non-hydrogen) atoms. The first kappa shape index (κ1) is 18.7. The standard InChI is InChI=1S/C17H21F3N4O2/c1-23(15(25)16(11-21)4-6-26-7-5-16)8-12-2-3-14-22-13(17(18,19)20)10-24(14)9-12/h10,12H,2-9H2,1H3/t12-/m1/s1. The summed E-state index contributed by atoms with van der Waals surface area (Å²) in [6.07, 6.45) is -1.56. The highest BCUT2D eigenvalue weighted by molar-refractivity contribution is 5.85. The number of carbonyl (C=O) groups is 1. The molecule has 1 atom stereocenters. The molecule has 2 aliphatic rings. The van der Waals surface area contributed by atoms with Crippen LogP contribution in [0.3, 0.4) is 0 Å². The molecule has 1 aromatic heterocycles. The Morgan fingerprint density at radius 3 is 2.81 bits per heavy atom. The van der Waals surface area contributed by atoms with E-state index < -0.39 is 17.3 Å². The summed E-state index contributed by atoms with van der Waals surface area (Å²) >= 11 is 0. The van der Waals surface area contributed by atoms with Gasteiger partial charge in [-0.1, -0.05) is 0 Å². The first-order valence-electron chi connectivity index (χ1n) is 8.63. The van der Waals surface area contributed by atoms with E-state index in [1.54, 1.807) is 11.9 Å². The summed E-state index contributed by atoms with van der Waals surface area (Å²) in [6, 6.07) is 2.16. The van der Waals surface area contributed by atoms with E-state index in [2.05, 4.69) is 11.1 Å². The predicted molar refractivity (Wildman–Crippen MR) is 84.8 cm³/mol. The van der Waals surface area contributed by atoms with Gasteiger partial charge in [-0.2, -0.15) is 18.4 Å². The third-order valence-electron chi connectivity index (χ3n) is 5.23. The van der Waals surface area contributed by atoms with Gasteiger partial charge in [0.15, 0.2) is 5.69 Å². The zero-order valence-electron chi connectivity index (χ0n) is 14.6. The number of ether oxygens (including phenoxy) is 1. The maximum atomic E-state index is 12.8. The molecule has 0 saturated carbocycles. The molecule has 0 bridgehead atoms. The molecule has 1 fully saturated rings. The average molecular weight is 370 g/mol. The molecular weight excluding hydrogens is 349 g/mol. The largest absolute Gasteiger partial charge is 0.434 e. The van der Waals surface area contributed by atoms with Crippen LogP contribution >= 0.6 is 0 Å². The zero-order chi connectivity index (χ0) is 18.9. The van der Waals surface area contributed by atoms with Crippen molar-refractivity contribution in [2.24, 2.45) is 11.3 Å². The summed E-state index contributed by atoms with van der Waals surface area (Å²) in [5.74, 6) is 0.235. The van der Waals surface area contributed by atoms with Crippen LogP contribution in [0.4, 0.5) is 13.2 Å². The Morgan fingerprint density at radius 1 is 1.50 bits per heavy atom. The number of alkyl halides is 3. The average Bonchev–Trinajstić information content (AvgIpc) is 3.05. The van der Waals surface area contributed by atoms with Crippen LogP contribution in [-0.4, -0.2) is 47.2 Å². The van der Waals surface area contributed by atoms with Gasteiger partial charge in [0, 0.05) is 46.0 Å². The number of nitrogens with zero attached hydrogens (tertiary/aromatic N) is 4. The minimum atomic E-state index is -4.45. The molecular formula is C17H21F3N4O2. The summed E-state index contributed by atoms with van der Waals surface area (Å²) in [4.78, 5) is 18.0. The molecule has 0 radical (unpaired) electrons. The molecule has 9 heteroatoms. The minimum Gasteiger partial charge on any atom is -0.381 e. The third kappa shape index (κ3) is 3.56. The summed E-state index contributed by atoms with van der Waals surface area (Å²) < 4.78 is 45.2. The van der Waals surface area contributed by atoms with Crippen LogP contribution in [0, 0.1) is 22.7 Å². The van der Waals surface area contributed by atoms with Gasteiger partial charge in [0.25, 0.3) is 0 Å². The number of halogens is 3. The zero-order valence-corrected chi connectivity index (χ0v) is 14.6. The summed E-state index contributed by atoms with van der Waals surface area (Å²) in [5, 5.41) is 9.50. The van der Waals surface area contributed by atoms with Gasteiger partial charge in [0.05, 0.1) is 6.07 Å². The summed E-state index contributed by atoms with van der Waals surface area (Å²) in [6.45, 7) is 1.56. The normalized spacial score (nSPS) is 22.3. The Hall–Kier alpha value is -2.08. The van der Waals surface area contributed by atoms with Gasteiger partial charge in [-0.05, 0) is 25.2 Å². The van der Waals surface area contributed by atoms with E-state index in [4.69, 9.17) is 4.74 Å². The molecule has 0 unspecified atom stereocenters. The SMILES string of the molecule is CN(C[C@H]1CCc2nc(C(F)(F)F)cn2C1)C(=O)C1(C#N)CCOCC1. The molecule has 6 nitrogen and oxygen atoms in total. The quantitative estimate of drug-likeness (QED) is 0.818. The van der Waals surface area contributed by atoms with Gasteiger partial charge in [-0.15, -0.1) is 0 Å². The molecule has 1 aromatic rings. The van der Waals surface area contributed by atoms with Crippen LogP contribution in [0.1, 0.15) is 30.8 Å². The lowest BCUT2D eigenvalue weighted by Gasteiger charge is -2.35. The van der Waals surface area contributed by atoms with E-state index in [-0.39, 0.29) is 11.8 Å². The number of hydrogen-bond acceptors (Lipinski definition) is 4. The number of rotatable bonds is 3. The van der Waals surface area contributed by atoms with Gasteiger partial charge in [0.1, 0.15) is 11.2 Å². The van der Waals surface area contributed by atoms with Crippen molar-refractivity contribution >= 4 is 5.91 Å². The highest BCUT2D eigenvalue weighted by Gasteiger charge is 2.43. The maximum Gasteiger partial charge on any atom is 0.434 e. The highest BCUT2D eigenvalue weighted by atomic mass is 19.4. The van der Waals surface area contributed by atoms with Crippen LogP contribution in [0.15, 0.2) is 6.20 Å². The summed E-state index contributed by atoms with van der Waals surface area (Å²) in [5.41, 5.74) is -1.92. The molecule has 0 aliphatic carbocycles. The molecule has 3 heterocycles. The lowest BCUT2D eigenvalue weighted by molar-refractivity contribution is -0.143. The van der Waals surface area contributed by atoms with Crippen LogP contribution in [0.2, 0.25) is 0 Å². The van der Waals surface area contributed by atoms with Crippen molar-refractivity contribution in [1.82, 2.24) is 14.5 Å². The second-order valence-electron chi connectivity index (χ2n) is 7.09. The van der Waals surface area contributed by atoms with Crippen molar-refractivity contribution in [3.8, 4) is 6.07 Å². The predicted octanol–water partition coefficient (Wildman–Crippen LogP) is 2.24. The van der Waals surface area contributed by atoms with Gasteiger partial charge in [-0.25, -0.2) is 4.98 Å². The number of carbonyl (C=O) groups excluding carboxylic acids is 1. The summed E-state index contributed by atoms with van der Waals surface area (Å²) in [7, 11) is 1.65. The Kier molecular flexibility index (Phi) is 4.97. The molecule has 142 valence electrons. The van der Waals surface area contributed by atoms with Crippen molar-refractivity contribution < 1.29 is 22.7 Å². The fourth-order valence-corrected chi connectivity index (χ4v) is 3.73. The van der Waals surface area contributed by atoms with Crippen molar-refractivity contribution in [3.05, 3.63) is 17.7 Å². The fraction of sp³-hybridized carbons (Fsp3) is 0.706. The molecule has 0 spiro atoms. The maximum absolute atomic E-state index is 12.8. The van der Waals surface area contributed by atoms with E-state index in [1.807, 2.05) is 0 Å². The van der Waals surface area contributed by atoms with Gasteiger partial charge < -0.3 is 14.2 Å². The lowest BCUT2D eigenvalue weighted by Crippen LogP contribution is -2.46. The number of fused-ring (bicyclic) bond motifs is 1. The number of imidazole rings is 1. The number of aryl methyl sites for hydroxylation is 1. The van der Waals surface area contributed by atoms with E-state index in [0.29, 0.717) is 57.8 Å². The second kappa shape index (κ2) is 6.91. The number of hydrogen-bond donors (Lipinski definition) is 0. The minimum absolute atomic E-state index is 0.0299. The molecule has 0 aromatic carbocycles. The Balaban J connectivity index is 1.65. The van der Waals surface area contributed by atoms with E-state index >= 15 is 0 Å². The molecule has 1 saturated heterocycles. The first-order chi connectivity index (χ1) is 12.2. The van der Waals surface area contributed by atoms with Gasteiger partial charge in [0.2, 0.25) is 5.91 Å². The van der Waals surface area contributed by atoms with Crippen molar-refractivity contribution in [2.45, 2.75) is 38.4 Å². The number of aromatic nitrogens is 2. The highest BCUT2D eigenvalue weighted by Crippen LogP contribution is 2.33. The van der Waals surface area contributed by atoms with Crippen LogP contribution < -0.4 is 0 Å². The van der Waals surface area contributed by atoms with Crippen LogP contribution in [-0.2, 0) is 28.7 Å². The topological polar surface area (TPSA) is 71.2 Å². The molecule has 2 aliphatic heterocycles. The number of amides is 1. The monoisotopic (exact) mass is 370 g/mol. The van der Waals surface area contributed by atoms with E-state index in [9.17, 15) is 23.2 Å². The Morgan fingerprint density at radius 2 is 2.19 bits per heavy atom. The second-order valence-corrected chi connectivity index (χ2v) is 7.09. The fourth-order valence-electron chi connectivity index (χ4n) is 3.73.